The molecular formula is C11H21N3O. The molecule has 0 aliphatic carbocycles. The third kappa shape index (κ3) is 2.32. The Kier molecular flexibility index (Phi) is 3.26. The molecule has 4 nitrogen and oxygen atoms in total. The smallest absolute Gasteiger partial charge is 0.237 e. The molecule has 2 rings (SSSR count). The van der Waals surface area contributed by atoms with Crippen molar-refractivity contribution in [1.29, 1.82) is 0 Å². The molecule has 86 valence electrons. The third-order valence-electron chi connectivity index (χ3n) is 3.65. The van der Waals surface area contributed by atoms with Gasteiger partial charge in [-0.05, 0) is 25.2 Å². The normalized spacial score (nSPS) is 38.8. The molecule has 0 saturated carbocycles. The van der Waals surface area contributed by atoms with Crippen LogP contribution in [0.15, 0.2) is 0 Å². The predicted octanol–water partition coefficient (Wildman–Crippen LogP) is -0.0659. The summed E-state index contributed by atoms with van der Waals surface area (Å²) in [5, 5.41) is 2.98. The van der Waals surface area contributed by atoms with Crippen LogP contribution < -0.4 is 11.1 Å². The van der Waals surface area contributed by atoms with E-state index in [2.05, 4.69) is 17.1 Å². The van der Waals surface area contributed by atoms with Crippen molar-refractivity contribution in [2.75, 3.05) is 19.6 Å². The van der Waals surface area contributed by atoms with Crippen LogP contribution in [-0.4, -0.2) is 42.5 Å². The van der Waals surface area contributed by atoms with Gasteiger partial charge in [0.15, 0.2) is 0 Å². The quantitative estimate of drug-likeness (QED) is 0.638. The highest BCUT2D eigenvalue weighted by molar-refractivity contribution is 5.82. The summed E-state index contributed by atoms with van der Waals surface area (Å²) in [6.45, 7) is 4.85. The number of nitrogens with one attached hydrogen (secondary N) is 1. The highest BCUT2D eigenvalue weighted by atomic mass is 16.2. The lowest BCUT2D eigenvalue weighted by Crippen LogP contribution is -2.45. The van der Waals surface area contributed by atoms with Gasteiger partial charge in [0.05, 0.1) is 6.04 Å². The summed E-state index contributed by atoms with van der Waals surface area (Å²) < 4.78 is 0. The third-order valence-corrected chi connectivity index (χ3v) is 3.65. The molecular weight excluding hydrogens is 190 g/mol. The van der Waals surface area contributed by atoms with E-state index in [4.69, 9.17) is 5.73 Å². The van der Waals surface area contributed by atoms with Crippen molar-refractivity contribution < 1.29 is 4.79 Å². The van der Waals surface area contributed by atoms with Crippen LogP contribution >= 0.6 is 0 Å². The zero-order valence-corrected chi connectivity index (χ0v) is 9.41. The maximum Gasteiger partial charge on any atom is 0.237 e. The van der Waals surface area contributed by atoms with Gasteiger partial charge < -0.3 is 11.1 Å². The van der Waals surface area contributed by atoms with E-state index >= 15 is 0 Å². The number of likely N-dealkylation sites (tertiary alicyclic amines) is 1. The van der Waals surface area contributed by atoms with Crippen LogP contribution in [0.3, 0.4) is 0 Å². The molecule has 0 aromatic rings. The molecule has 2 saturated heterocycles. The van der Waals surface area contributed by atoms with Crippen molar-refractivity contribution in [1.82, 2.24) is 10.2 Å². The van der Waals surface area contributed by atoms with Crippen molar-refractivity contribution in [3.63, 3.8) is 0 Å². The number of carbonyl (C=O) groups excluding carboxylic acids is 1. The second kappa shape index (κ2) is 4.49. The van der Waals surface area contributed by atoms with E-state index < -0.39 is 0 Å². The molecule has 2 aliphatic heterocycles. The van der Waals surface area contributed by atoms with Crippen molar-refractivity contribution >= 4 is 5.91 Å². The molecule has 0 radical (unpaired) electrons. The summed E-state index contributed by atoms with van der Waals surface area (Å²) in [6.07, 6.45) is 3.24. The molecule has 4 heteroatoms. The van der Waals surface area contributed by atoms with Crippen LogP contribution in [0.5, 0.6) is 0 Å². The van der Waals surface area contributed by atoms with Crippen LogP contribution in [0.25, 0.3) is 0 Å². The minimum atomic E-state index is 0.0727. The lowest BCUT2D eigenvalue weighted by Gasteiger charge is -2.24. The van der Waals surface area contributed by atoms with Gasteiger partial charge >= 0.3 is 0 Å². The first-order valence-electron chi connectivity index (χ1n) is 5.96. The van der Waals surface area contributed by atoms with Gasteiger partial charge in [-0.15, -0.1) is 0 Å². The SMILES string of the molecule is CC1CN(C2CCCCNC2=O)CC1N. The first kappa shape index (κ1) is 10.9. The molecule has 0 bridgehead atoms. The van der Waals surface area contributed by atoms with E-state index in [-0.39, 0.29) is 18.0 Å². The largest absolute Gasteiger partial charge is 0.355 e. The van der Waals surface area contributed by atoms with Gasteiger partial charge in [0.2, 0.25) is 5.91 Å². The Morgan fingerprint density at radius 2 is 2.20 bits per heavy atom. The number of nitrogens with zero attached hydrogens (tertiary/aromatic N) is 1. The van der Waals surface area contributed by atoms with Crippen LogP contribution in [0.4, 0.5) is 0 Å². The van der Waals surface area contributed by atoms with Crippen molar-refractivity contribution in [3.8, 4) is 0 Å². The van der Waals surface area contributed by atoms with Gasteiger partial charge in [0.1, 0.15) is 0 Å². The van der Waals surface area contributed by atoms with E-state index in [9.17, 15) is 4.79 Å². The summed E-state index contributed by atoms with van der Waals surface area (Å²) >= 11 is 0. The van der Waals surface area contributed by atoms with Crippen LogP contribution in [0.2, 0.25) is 0 Å². The van der Waals surface area contributed by atoms with E-state index in [1.54, 1.807) is 0 Å². The molecule has 3 unspecified atom stereocenters. The number of hydrogen-bond donors (Lipinski definition) is 2. The minimum absolute atomic E-state index is 0.0727. The highest BCUT2D eigenvalue weighted by Crippen LogP contribution is 2.21. The van der Waals surface area contributed by atoms with Crippen molar-refractivity contribution in [2.24, 2.45) is 11.7 Å². The van der Waals surface area contributed by atoms with Gasteiger partial charge in [0, 0.05) is 25.7 Å². The molecule has 0 spiro atoms. The highest BCUT2D eigenvalue weighted by Gasteiger charge is 2.35. The van der Waals surface area contributed by atoms with E-state index in [1.165, 1.54) is 0 Å². The summed E-state index contributed by atoms with van der Waals surface area (Å²) in [5.41, 5.74) is 5.99. The first-order valence-corrected chi connectivity index (χ1v) is 5.96. The standard InChI is InChI=1S/C11H21N3O/c1-8-6-14(7-9(8)12)10-4-2-3-5-13-11(10)15/h8-10H,2-7,12H2,1H3,(H,13,15). The number of rotatable bonds is 1. The molecule has 2 aliphatic rings. The Bertz CT molecular complexity index is 234. The summed E-state index contributed by atoms with van der Waals surface area (Å²) in [7, 11) is 0. The summed E-state index contributed by atoms with van der Waals surface area (Å²) in [4.78, 5) is 14.1. The Morgan fingerprint density at radius 1 is 1.40 bits per heavy atom. The number of nitrogens with two attached hydrogens (primary N) is 1. The van der Waals surface area contributed by atoms with Crippen molar-refractivity contribution in [3.05, 3.63) is 0 Å². The molecule has 1 amide bonds. The van der Waals surface area contributed by atoms with Gasteiger partial charge in [-0.1, -0.05) is 6.92 Å². The van der Waals surface area contributed by atoms with E-state index in [0.717, 1.165) is 38.9 Å². The number of carbonyl (C=O) groups is 1. The lowest BCUT2D eigenvalue weighted by molar-refractivity contribution is -0.125. The molecule has 0 aromatic heterocycles. The maximum atomic E-state index is 11.8. The molecule has 2 heterocycles. The monoisotopic (exact) mass is 211 g/mol. The molecule has 3 atom stereocenters. The summed E-state index contributed by atoms with van der Waals surface area (Å²) in [5.74, 6) is 0.717. The fourth-order valence-electron chi connectivity index (χ4n) is 2.56. The zero-order valence-electron chi connectivity index (χ0n) is 9.41. The van der Waals surface area contributed by atoms with E-state index in [1.807, 2.05) is 0 Å². The van der Waals surface area contributed by atoms with E-state index in [0.29, 0.717) is 5.92 Å². The lowest BCUT2D eigenvalue weighted by atomic mass is 10.1. The Labute approximate surface area is 91.2 Å². The van der Waals surface area contributed by atoms with Gasteiger partial charge in [-0.3, -0.25) is 9.69 Å². The second-order valence-corrected chi connectivity index (χ2v) is 4.90. The molecule has 15 heavy (non-hydrogen) atoms. The molecule has 0 aromatic carbocycles. The van der Waals surface area contributed by atoms with Gasteiger partial charge in [-0.2, -0.15) is 0 Å². The Hall–Kier alpha value is -0.610. The second-order valence-electron chi connectivity index (χ2n) is 4.90. The Morgan fingerprint density at radius 3 is 2.87 bits per heavy atom. The van der Waals surface area contributed by atoms with Gasteiger partial charge in [-0.25, -0.2) is 0 Å². The zero-order chi connectivity index (χ0) is 10.8. The topological polar surface area (TPSA) is 58.4 Å². The average molecular weight is 211 g/mol. The van der Waals surface area contributed by atoms with Crippen molar-refractivity contribution in [2.45, 2.75) is 38.3 Å². The number of amides is 1. The van der Waals surface area contributed by atoms with Gasteiger partial charge in [0.25, 0.3) is 0 Å². The summed E-state index contributed by atoms with van der Waals surface area (Å²) in [6, 6.07) is 0.310. The van der Waals surface area contributed by atoms with Crippen LogP contribution in [0.1, 0.15) is 26.2 Å². The van der Waals surface area contributed by atoms with Crippen LogP contribution in [0, 0.1) is 5.92 Å². The average Bonchev–Trinajstić information content (AvgIpc) is 2.41. The maximum absolute atomic E-state index is 11.8. The predicted molar refractivity (Wildman–Crippen MR) is 59.4 cm³/mol. The fourth-order valence-corrected chi connectivity index (χ4v) is 2.56. The fraction of sp³-hybridized carbons (Fsp3) is 0.909. The molecule has 3 N–H and O–H groups in total. The first-order chi connectivity index (χ1) is 7.18. The number of hydrogen-bond acceptors (Lipinski definition) is 3. The van der Waals surface area contributed by atoms with Crippen LogP contribution in [-0.2, 0) is 4.79 Å². The Balaban J connectivity index is 1.99. The minimum Gasteiger partial charge on any atom is -0.355 e. The molecule has 2 fully saturated rings.